The fourth-order valence-corrected chi connectivity index (χ4v) is 2.03. The van der Waals surface area contributed by atoms with E-state index in [9.17, 15) is 5.11 Å². The van der Waals surface area contributed by atoms with Gasteiger partial charge in [-0.15, -0.1) is 9.24 Å². The van der Waals surface area contributed by atoms with Gasteiger partial charge >= 0.3 is 0 Å². The van der Waals surface area contributed by atoms with E-state index >= 15 is 0 Å². The molecule has 0 aliphatic heterocycles. The van der Waals surface area contributed by atoms with Crippen molar-refractivity contribution >= 4 is 41.1 Å². The van der Waals surface area contributed by atoms with Crippen LogP contribution in [-0.2, 0) is 0 Å². The van der Waals surface area contributed by atoms with Gasteiger partial charge in [-0.3, -0.25) is 0 Å². The summed E-state index contributed by atoms with van der Waals surface area (Å²) in [5, 5.41) is 10.6. The van der Waals surface area contributed by atoms with Gasteiger partial charge in [0.05, 0.1) is 4.83 Å². The molecule has 56 valence electrons. The fraction of sp³-hybridized carbons (Fsp3) is 0.333. The predicted molar refractivity (Wildman–Crippen MR) is 53.5 cm³/mol. The molecule has 0 saturated carbocycles. The van der Waals surface area contributed by atoms with Gasteiger partial charge in [0.25, 0.3) is 0 Å². The van der Waals surface area contributed by atoms with Gasteiger partial charge in [0.2, 0.25) is 0 Å². The Morgan fingerprint density at radius 3 is 2.70 bits per heavy atom. The lowest BCUT2D eigenvalue weighted by atomic mass is 10.1. The molecule has 1 nitrogen and oxygen atoms in total. The summed E-state index contributed by atoms with van der Waals surface area (Å²) in [4.78, 5) is -0.0602. The second-order valence-electron chi connectivity index (χ2n) is 2.12. The SMILES string of the molecule is OC1(Br)C=CC=C(P)C1Br. The zero-order chi connectivity index (χ0) is 7.78. The molecule has 4 heteroatoms. The molecule has 0 bridgehead atoms. The number of hydrogen-bond donors (Lipinski definition) is 1. The molecule has 1 rings (SSSR count). The fourth-order valence-electron chi connectivity index (χ4n) is 0.697. The number of alkyl halides is 2. The van der Waals surface area contributed by atoms with Gasteiger partial charge < -0.3 is 5.11 Å². The van der Waals surface area contributed by atoms with Crippen LogP contribution in [0.3, 0.4) is 0 Å². The lowest BCUT2D eigenvalue weighted by Crippen LogP contribution is -2.30. The standard InChI is InChI=1S/C6H7Br2OP/c7-5-4(10)2-1-3-6(5,8)9/h1-3,5,9H,10H2. The Labute approximate surface area is 79.0 Å². The van der Waals surface area contributed by atoms with Crippen LogP contribution >= 0.6 is 41.1 Å². The Morgan fingerprint density at radius 2 is 2.30 bits per heavy atom. The highest BCUT2D eigenvalue weighted by atomic mass is 79.9. The van der Waals surface area contributed by atoms with Crippen molar-refractivity contribution in [2.75, 3.05) is 0 Å². The first kappa shape index (κ1) is 8.92. The quantitative estimate of drug-likeness (QED) is 0.534. The first-order valence-corrected chi connectivity index (χ1v) is 5.03. The van der Waals surface area contributed by atoms with E-state index in [-0.39, 0.29) is 4.83 Å². The third-order valence-electron chi connectivity index (χ3n) is 1.27. The molecule has 0 aromatic carbocycles. The monoisotopic (exact) mass is 284 g/mol. The highest BCUT2D eigenvalue weighted by molar-refractivity contribution is 9.12. The molecule has 10 heavy (non-hydrogen) atoms. The Bertz CT molecular complexity index is 198. The van der Waals surface area contributed by atoms with Gasteiger partial charge in [0.15, 0.2) is 4.51 Å². The van der Waals surface area contributed by atoms with Gasteiger partial charge in [0.1, 0.15) is 0 Å². The number of allylic oxidation sites excluding steroid dienone is 2. The molecule has 0 amide bonds. The van der Waals surface area contributed by atoms with Crippen molar-refractivity contribution in [3.8, 4) is 0 Å². The van der Waals surface area contributed by atoms with E-state index in [1.807, 2.05) is 12.2 Å². The molecule has 3 unspecified atom stereocenters. The lowest BCUT2D eigenvalue weighted by Gasteiger charge is -2.26. The summed E-state index contributed by atoms with van der Waals surface area (Å²) >= 11 is 6.50. The minimum Gasteiger partial charge on any atom is -0.374 e. The van der Waals surface area contributed by atoms with Crippen LogP contribution in [-0.4, -0.2) is 14.4 Å². The van der Waals surface area contributed by atoms with Gasteiger partial charge in [-0.1, -0.05) is 28.1 Å². The molecule has 0 aromatic rings. The maximum absolute atomic E-state index is 9.54. The lowest BCUT2D eigenvalue weighted by molar-refractivity contribution is 0.203. The first-order chi connectivity index (χ1) is 4.54. The molecule has 1 aliphatic rings. The van der Waals surface area contributed by atoms with E-state index in [0.29, 0.717) is 0 Å². The molecule has 0 aromatic heterocycles. The predicted octanol–water partition coefficient (Wildman–Crippen LogP) is 2.16. The zero-order valence-electron chi connectivity index (χ0n) is 5.09. The van der Waals surface area contributed by atoms with Crippen LogP contribution in [0.25, 0.3) is 0 Å². The van der Waals surface area contributed by atoms with Crippen molar-refractivity contribution in [1.82, 2.24) is 0 Å². The third kappa shape index (κ3) is 1.70. The molecule has 1 aliphatic carbocycles. The van der Waals surface area contributed by atoms with Gasteiger partial charge in [-0.2, -0.15) is 0 Å². The Morgan fingerprint density at radius 1 is 1.70 bits per heavy atom. The van der Waals surface area contributed by atoms with Crippen LogP contribution in [0.2, 0.25) is 0 Å². The van der Waals surface area contributed by atoms with E-state index in [0.717, 1.165) is 5.31 Å². The van der Waals surface area contributed by atoms with Crippen molar-refractivity contribution in [3.05, 3.63) is 23.5 Å². The van der Waals surface area contributed by atoms with Gasteiger partial charge in [0, 0.05) is 0 Å². The molecule has 1 N–H and O–H groups in total. The molecule has 0 fully saturated rings. The zero-order valence-corrected chi connectivity index (χ0v) is 9.42. The average molecular weight is 286 g/mol. The van der Waals surface area contributed by atoms with E-state index in [2.05, 4.69) is 41.1 Å². The van der Waals surface area contributed by atoms with E-state index in [4.69, 9.17) is 0 Å². The van der Waals surface area contributed by atoms with Crippen LogP contribution in [0.1, 0.15) is 0 Å². The maximum atomic E-state index is 9.54. The van der Waals surface area contributed by atoms with Gasteiger partial charge in [-0.25, -0.2) is 0 Å². The molecule has 0 radical (unpaired) electrons. The van der Waals surface area contributed by atoms with Crippen LogP contribution in [0.15, 0.2) is 23.5 Å². The normalized spacial score (nSPS) is 39.6. The highest BCUT2D eigenvalue weighted by Gasteiger charge is 2.31. The second-order valence-corrected chi connectivity index (χ2v) is 4.97. The highest BCUT2D eigenvalue weighted by Crippen LogP contribution is 2.37. The van der Waals surface area contributed by atoms with Crippen molar-refractivity contribution in [3.63, 3.8) is 0 Å². The van der Waals surface area contributed by atoms with Gasteiger partial charge in [-0.05, 0) is 27.3 Å². The molecular weight excluding hydrogens is 279 g/mol. The van der Waals surface area contributed by atoms with Crippen molar-refractivity contribution in [1.29, 1.82) is 0 Å². The Balaban J connectivity index is 2.89. The van der Waals surface area contributed by atoms with Crippen LogP contribution in [0, 0.1) is 0 Å². The first-order valence-electron chi connectivity index (χ1n) is 2.74. The minimum atomic E-state index is -0.932. The largest absolute Gasteiger partial charge is 0.374 e. The maximum Gasteiger partial charge on any atom is 0.154 e. The Hall–Kier alpha value is 0.830. The number of rotatable bonds is 0. The molecule has 0 saturated heterocycles. The summed E-state index contributed by atoms with van der Waals surface area (Å²) in [6, 6.07) is 0. The van der Waals surface area contributed by atoms with E-state index < -0.39 is 4.51 Å². The summed E-state index contributed by atoms with van der Waals surface area (Å²) in [6.07, 6.45) is 5.44. The van der Waals surface area contributed by atoms with Crippen molar-refractivity contribution in [2.24, 2.45) is 0 Å². The average Bonchev–Trinajstić information content (AvgIpc) is 1.83. The smallest absolute Gasteiger partial charge is 0.154 e. The molecular formula is C6H7Br2OP. The molecule has 0 heterocycles. The number of halogens is 2. The van der Waals surface area contributed by atoms with Crippen LogP contribution in [0.4, 0.5) is 0 Å². The summed E-state index contributed by atoms with van der Waals surface area (Å²) in [5.74, 6) is 0. The third-order valence-corrected chi connectivity index (χ3v) is 4.84. The van der Waals surface area contributed by atoms with E-state index in [1.54, 1.807) is 6.08 Å². The molecule has 3 atom stereocenters. The summed E-state index contributed by atoms with van der Waals surface area (Å²) < 4.78 is -0.932. The van der Waals surface area contributed by atoms with Crippen molar-refractivity contribution < 1.29 is 5.11 Å². The van der Waals surface area contributed by atoms with Crippen LogP contribution < -0.4 is 0 Å². The second kappa shape index (κ2) is 3.06. The van der Waals surface area contributed by atoms with E-state index in [1.165, 1.54) is 0 Å². The van der Waals surface area contributed by atoms with Crippen molar-refractivity contribution in [2.45, 2.75) is 9.34 Å². The summed E-state index contributed by atoms with van der Waals surface area (Å²) in [5.41, 5.74) is 0. The molecule has 0 spiro atoms. The van der Waals surface area contributed by atoms with Crippen LogP contribution in [0.5, 0.6) is 0 Å². The topological polar surface area (TPSA) is 20.2 Å². The minimum absolute atomic E-state index is 0.0602. The number of aliphatic hydroxyl groups is 1. The summed E-state index contributed by atoms with van der Waals surface area (Å²) in [7, 11) is 2.56. The Kier molecular flexibility index (Phi) is 2.73. The number of hydrogen-bond acceptors (Lipinski definition) is 1. The summed E-state index contributed by atoms with van der Waals surface area (Å²) in [6.45, 7) is 0.